The lowest BCUT2D eigenvalue weighted by atomic mass is 9.84. The van der Waals surface area contributed by atoms with E-state index in [2.05, 4.69) is 4.98 Å². The van der Waals surface area contributed by atoms with Crippen LogP contribution in [0.3, 0.4) is 0 Å². The molecular formula is C34H27N3O6S. The van der Waals surface area contributed by atoms with Crippen LogP contribution in [0.2, 0.25) is 0 Å². The monoisotopic (exact) mass is 605 g/mol. The summed E-state index contributed by atoms with van der Waals surface area (Å²) in [6, 6.07) is 20.0. The first-order valence-corrected chi connectivity index (χ1v) is 15.0. The summed E-state index contributed by atoms with van der Waals surface area (Å²) in [5.41, 5.74) is 1.89. The maximum Gasteiger partial charge on any atom is 0.350 e. The van der Waals surface area contributed by atoms with Gasteiger partial charge in [0, 0.05) is 5.56 Å². The molecule has 7 rings (SSSR count). The van der Waals surface area contributed by atoms with Gasteiger partial charge in [-0.25, -0.2) is 9.78 Å². The van der Waals surface area contributed by atoms with E-state index in [9.17, 15) is 14.4 Å². The number of para-hydroxylation sites is 1. The maximum absolute atomic E-state index is 15.1. The number of ether oxygens (including phenoxy) is 1. The Balaban J connectivity index is 1.55. The first kappa shape index (κ1) is 27.7. The lowest BCUT2D eigenvalue weighted by Crippen LogP contribution is -2.53. The highest BCUT2D eigenvalue weighted by molar-refractivity contribution is 7.17. The number of amides is 2. The van der Waals surface area contributed by atoms with Crippen LogP contribution >= 0.6 is 11.3 Å². The predicted octanol–water partition coefficient (Wildman–Crippen LogP) is 5.80. The fraction of sp³-hybridized carbons (Fsp3) is 0.206. The van der Waals surface area contributed by atoms with E-state index < -0.39 is 28.8 Å². The Labute approximate surface area is 256 Å². The molecule has 2 aromatic heterocycles. The third-order valence-electron chi connectivity index (χ3n) is 8.31. The Morgan fingerprint density at radius 1 is 1.00 bits per heavy atom. The molecule has 0 fully saturated rings. The van der Waals surface area contributed by atoms with Crippen LogP contribution in [0.25, 0.3) is 11.0 Å². The number of hydrogen-bond donors (Lipinski definition) is 0. The van der Waals surface area contributed by atoms with Gasteiger partial charge in [0.15, 0.2) is 16.1 Å². The van der Waals surface area contributed by atoms with Crippen LogP contribution in [0.1, 0.15) is 60.7 Å². The maximum atomic E-state index is 15.1. The Bertz CT molecular complexity index is 2110. The van der Waals surface area contributed by atoms with Crippen LogP contribution in [0.4, 0.5) is 10.8 Å². The van der Waals surface area contributed by atoms with Crippen molar-refractivity contribution in [2.24, 2.45) is 0 Å². The van der Waals surface area contributed by atoms with Crippen LogP contribution in [-0.4, -0.2) is 29.4 Å². The number of rotatable bonds is 5. The second-order valence-corrected chi connectivity index (χ2v) is 11.9. The van der Waals surface area contributed by atoms with Crippen molar-refractivity contribution in [3.8, 4) is 0 Å². The zero-order chi connectivity index (χ0) is 30.9. The fourth-order valence-corrected chi connectivity index (χ4v) is 7.27. The van der Waals surface area contributed by atoms with Gasteiger partial charge in [-0.15, -0.1) is 0 Å². The van der Waals surface area contributed by atoms with Crippen LogP contribution in [0, 0.1) is 20.8 Å². The van der Waals surface area contributed by atoms with Crippen molar-refractivity contribution in [2.45, 2.75) is 39.8 Å². The van der Waals surface area contributed by atoms with Gasteiger partial charge in [-0.1, -0.05) is 65.4 Å². The van der Waals surface area contributed by atoms with Crippen molar-refractivity contribution in [1.29, 1.82) is 0 Å². The third kappa shape index (κ3) is 3.73. The van der Waals surface area contributed by atoms with Gasteiger partial charge in [0.2, 0.25) is 5.76 Å². The van der Waals surface area contributed by atoms with Gasteiger partial charge >= 0.3 is 5.97 Å². The molecule has 0 saturated carbocycles. The first-order valence-electron chi connectivity index (χ1n) is 14.2. The normalized spacial score (nSPS) is 17.1. The van der Waals surface area contributed by atoms with Crippen LogP contribution < -0.4 is 15.2 Å². The molecule has 0 radical (unpaired) electrons. The molecule has 9 nitrogen and oxygen atoms in total. The van der Waals surface area contributed by atoms with Crippen molar-refractivity contribution >= 4 is 50.9 Å². The second kappa shape index (κ2) is 9.99. The van der Waals surface area contributed by atoms with E-state index in [1.165, 1.54) is 4.90 Å². The lowest BCUT2D eigenvalue weighted by Gasteiger charge is -2.32. The smallest absolute Gasteiger partial charge is 0.350 e. The minimum atomic E-state index is -1.92. The number of thiazole rings is 1. The minimum absolute atomic E-state index is 0.0594. The van der Waals surface area contributed by atoms with E-state index >= 15 is 4.79 Å². The van der Waals surface area contributed by atoms with Crippen molar-refractivity contribution in [1.82, 2.24) is 4.98 Å². The number of fused-ring (bicyclic) bond motifs is 5. The zero-order valence-corrected chi connectivity index (χ0v) is 25.3. The summed E-state index contributed by atoms with van der Waals surface area (Å²) < 4.78 is 11.4. The highest BCUT2D eigenvalue weighted by atomic mass is 32.1. The molecule has 4 heterocycles. The molecule has 1 unspecified atom stereocenters. The molecule has 2 aliphatic rings. The Kier molecular flexibility index (Phi) is 6.29. The van der Waals surface area contributed by atoms with Crippen molar-refractivity contribution in [3.05, 3.63) is 121 Å². The van der Waals surface area contributed by atoms with Crippen LogP contribution in [0.5, 0.6) is 0 Å². The molecule has 1 spiro atoms. The van der Waals surface area contributed by atoms with Crippen molar-refractivity contribution in [2.75, 3.05) is 16.4 Å². The molecule has 5 aromatic rings. The summed E-state index contributed by atoms with van der Waals surface area (Å²) in [5.74, 6) is -1.98. The molecule has 10 heteroatoms. The van der Waals surface area contributed by atoms with Crippen LogP contribution in [0.15, 0.2) is 75.9 Å². The minimum Gasteiger partial charge on any atom is -0.462 e. The Morgan fingerprint density at radius 3 is 2.52 bits per heavy atom. The predicted molar refractivity (Wildman–Crippen MR) is 166 cm³/mol. The van der Waals surface area contributed by atoms with E-state index in [0.717, 1.165) is 28.0 Å². The number of aromatic nitrogens is 1. The quantitative estimate of drug-likeness (QED) is 0.233. The highest BCUT2D eigenvalue weighted by Crippen LogP contribution is 2.55. The van der Waals surface area contributed by atoms with E-state index in [1.54, 1.807) is 49.1 Å². The zero-order valence-electron chi connectivity index (χ0n) is 24.5. The average Bonchev–Trinajstić information content (AvgIpc) is 3.59. The lowest BCUT2D eigenvalue weighted by molar-refractivity contribution is -0.121. The molecule has 2 amide bonds. The third-order valence-corrected chi connectivity index (χ3v) is 9.43. The number of carbonyl (C=O) groups is 3. The molecule has 1 atom stereocenters. The van der Waals surface area contributed by atoms with Crippen molar-refractivity contribution < 1.29 is 23.5 Å². The summed E-state index contributed by atoms with van der Waals surface area (Å²) in [4.78, 5) is 64.6. The van der Waals surface area contributed by atoms with Gasteiger partial charge in [0.1, 0.15) is 10.5 Å². The summed E-state index contributed by atoms with van der Waals surface area (Å²) in [6.45, 7) is 7.54. The number of carbonyl (C=O) groups excluding carboxylic acids is 3. The number of nitrogens with zero attached hydrogens (tertiary/aromatic N) is 3. The summed E-state index contributed by atoms with van der Waals surface area (Å²) in [7, 11) is 0. The molecule has 2 aliphatic heterocycles. The first-order chi connectivity index (χ1) is 21.2. The van der Waals surface area contributed by atoms with Gasteiger partial charge in [-0.2, -0.15) is 0 Å². The summed E-state index contributed by atoms with van der Waals surface area (Å²) >= 11 is 0.942. The fourth-order valence-electron chi connectivity index (χ4n) is 6.26. The van der Waals surface area contributed by atoms with E-state index in [1.807, 2.05) is 50.2 Å². The van der Waals surface area contributed by atoms with Crippen LogP contribution in [-0.2, 0) is 21.6 Å². The SMILES string of the molecule is CCOC(=O)c1sc(N2C(=O)c3oc4ccc(C)cc4c(=O)c3C23C(=O)N(Cc2ccccc2C)c2ccccc23)nc1C. The Morgan fingerprint density at radius 2 is 1.75 bits per heavy atom. The molecule has 0 aliphatic carbocycles. The largest absolute Gasteiger partial charge is 0.462 e. The molecule has 0 N–H and O–H groups in total. The van der Waals surface area contributed by atoms with E-state index in [-0.39, 0.29) is 45.5 Å². The standard InChI is InChI=1S/C34H27N3O6S/c1-5-42-31(40)29-20(4)35-33(44-29)37-30(39)28-26(27(38)22-16-18(2)14-15-25(22)43-28)34(37)23-12-8-9-13-24(23)36(32(34)41)17-21-11-7-6-10-19(21)3/h6-16H,5,17H2,1-4H3. The Hall–Kier alpha value is -5.09. The summed E-state index contributed by atoms with van der Waals surface area (Å²) in [6.07, 6.45) is 0. The van der Waals surface area contributed by atoms with Gasteiger partial charge in [-0.3, -0.25) is 19.3 Å². The number of hydrogen-bond acceptors (Lipinski definition) is 8. The molecule has 0 bridgehead atoms. The molecule has 44 heavy (non-hydrogen) atoms. The second-order valence-electron chi connectivity index (χ2n) is 11.0. The van der Waals surface area contributed by atoms with Gasteiger partial charge < -0.3 is 14.1 Å². The number of benzene rings is 3. The molecule has 3 aromatic carbocycles. The van der Waals surface area contributed by atoms with Gasteiger partial charge in [0.05, 0.1) is 35.5 Å². The average molecular weight is 606 g/mol. The molecule has 0 saturated heterocycles. The van der Waals surface area contributed by atoms with Crippen molar-refractivity contribution in [3.63, 3.8) is 0 Å². The van der Waals surface area contributed by atoms with Gasteiger partial charge in [0.25, 0.3) is 11.8 Å². The topological polar surface area (TPSA) is 110 Å². The van der Waals surface area contributed by atoms with E-state index in [0.29, 0.717) is 16.9 Å². The molecular weight excluding hydrogens is 578 g/mol. The highest BCUT2D eigenvalue weighted by Gasteiger charge is 2.66. The number of esters is 1. The van der Waals surface area contributed by atoms with E-state index in [4.69, 9.17) is 9.15 Å². The molecule has 220 valence electrons. The van der Waals surface area contributed by atoms with Gasteiger partial charge in [-0.05, 0) is 57.0 Å². The summed E-state index contributed by atoms with van der Waals surface area (Å²) in [5, 5.41) is 0.352. The number of anilines is 2. The number of aryl methyl sites for hydroxylation is 3.